The second-order valence-corrected chi connectivity index (χ2v) is 11.9. The van der Waals surface area contributed by atoms with Gasteiger partial charge in [-0.25, -0.2) is 0 Å². The first-order chi connectivity index (χ1) is 22.2. The zero-order chi connectivity index (χ0) is 32.6. The van der Waals surface area contributed by atoms with E-state index in [1.807, 2.05) is 36.0 Å². The van der Waals surface area contributed by atoms with E-state index in [1.54, 1.807) is 42.2 Å². The van der Waals surface area contributed by atoms with Crippen LogP contribution in [0.15, 0.2) is 79.3 Å². The molecule has 240 valence electrons. The van der Waals surface area contributed by atoms with Crippen molar-refractivity contribution in [3.05, 3.63) is 96.2 Å². The summed E-state index contributed by atoms with van der Waals surface area (Å²) < 4.78 is 3.50. The van der Waals surface area contributed by atoms with Gasteiger partial charge in [-0.2, -0.15) is 0 Å². The minimum absolute atomic E-state index is 0.0768. The summed E-state index contributed by atoms with van der Waals surface area (Å²) in [6, 6.07) is 19.0. The number of H-pyrrole nitrogens is 1. The van der Waals surface area contributed by atoms with E-state index in [-0.39, 0.29) is 17.7 Å². The third-order valence-electron chi connectivity index (χ3n) is 7.62. The third-order valence-corrected chi connectivity index (χ3v) is 7.95. The molecule has 12 heteroatoms. The molecule has 0 saturated heterocycles. The van der Waals surface area contributed by atoms with E-state index in [2.05, 4.69) is 50.1 Å². The van der Waals surface area contributed by atoms with Crippen molar-refractivity contribution in [1.29, 1.82) is 0 Å². The van der Waals surface area contributed by atoms with Crippen LogP contribution in [0.2, 0.25) is 0 Å². The highest BCUT2D eigenvalue weighted by molar-refractivity contribution is 6.18. The molecule has 0 aliphatic heterocycles. The van der Waals surface area contributed by atoms with Crippen molar-refractivity contribution in [2.45, 2.75) is 19.3 Å². The number of benzene rings is 2. The lowest BCUT2D eigenvalue weighted by molar-refractivity contribution is -0.116. The van der Waals surface area contributed by atoms with Crippen LogP contribution in [-0.2, 0) is 25.3 Å². The minimum Gasteiger partial charge on any atom is -0.369 e. The van der Waals surface area contributed by atoms with E-state index in [9.17, 15) is 14.4 Å². The number of carbonyl (C=O) groups is 3. The smallest absolute Gasteiger partial charge is 0.272 e. The van der Waals surface area contributed by atoms with Gasteiger partial charge >= 0.3 is 0 Å². The van der Waals surface area contributed by atoms with Gasteiger partial charge in [-0.15, -0.1) is 23.2 Å². The molecular weight excluding hydrogens is 625 g/mol. The zero-order valence-electron chi connectivity index (χ0n) is 25.8. The highest BCUT2D eigenvalue weighted by atomic mass is 35.5. The molecule has 46 heavy (non-hydrogen) atoms. The zero-order valence-corrected chi connectivity index (χ0v) is 27.3. The molecule has 0 unspecified atom stereocenters. The second kappa shape index (κ2) is 15.1. The predicted molar refractivity (Wildman–Crippen MR) is 187 cm³/mol. The van der Waals surface area contributed by atoms with E-state index in [1.165, 1.54) is 0 Å². The topological polar surface area (TPSA) is 116 Å². The number of hydrogen-bond acceptors (Lipinski definition) is 4. The number of hydrogen-bond donors (Lipinski definition) is 4. The quantitative estimate of drug-likeness (QED) is 0.100. The molecule has 3 heterocycles. The standard InChI is InChI=1S/C34H37Cl2N7O3/c1-41-15-12-26(21-41)38-34(46)31-20-27(22-42(31)2)39-33(45)30-18-24-8-9-25(19-29(24)40-30)37-32(44)5-3-4-23-6-10-28(11-7-23)43(16-13-35)17-14-36/h6-12,15,18-22,40H,3-5,13-14,16-17H2,1-2H3,(H,37,44)(H,38,46)(H,39,45). The summed E-state index contributed by atoms with van der Waals surface area (Å²) in [6.45, 7) is 1.48. The number of anilines is 4. The number of carbonyl (C=O) groups excluding carboxylic acids is 3. The number of fused-ring (bicyclic) bond motifs is 1. The first kappa shape index (κ1) is 32.7. The Morgan fingerprint density at radius 3 is 2.24 bits per heavy atom. The number of amides is 3. The number of aryl methyl sites for hydroxylation is 3. The first-order valence-corrected chi connectivity index (χ1v) is 16.1. The van der Waals surface area contributed by atoms with Crippen LogP contribution in [0.5, 0.6) is 0 Å². The third kappa shape index (κ3) is 8.32. The maximum atomic E-state index is 13.0. The SMILES string of the molecule is Cn1ccc(NC(=O)c2cc(NC(=O)c3cc4ccc(NC(=O)CCCc5ccc(N(CCCl)CCCl)cc5)cc4[nH]3)cn2C)c1. The number of halogens is 2. The van der Waals surface area contributed by atoms with Gasteiger partial charge in [0.1, 0.15) is 11.4 Å². The van der Waals surface area contributed by atoms with Crippen molar-refractivity contribution in [3.63, 3.8) is 0 Å². The number of aromatic nitrogens is 3. The Labute approximate surface area is 277 Å². The van der Waals surface area contributed by atoms with Crippen LogP contribution in [-0.4, -0.2) is 56.7 Å². The second-order valence-electron chi connectivity index (χ2n) is 11.1. The van der Waals surface area contributed by atoms with Gasteiger partial charge in [-0.1, -0.05) is 18.2 Å². The Morgan fingerprint density at radius 1 is 0.804 bits per heavy atom. The molecule has 0 aliphatic carbocycles. The van der Waals surface area contributed by atoms with Crippen LogP contribution < -0.4 is 20.9 Å². The van der Waals surface area contributed by atoms with Crippen LogP contribution in [0.4, 0.5) is 22.7 Å². The lowest BCUT2D eigenvalue weighted by atomic mass is 10.1. The maximum Gasteiger partial charge on any atom is 0.272 e. The molecule has 10 nitrogen and oxygen atoms in total. The van der Waals surface area contributed by atoms with Crippen LogP contribution in [0.25, 0.3) is 10.9 Å². The molecule has 0 aliphatic rings. The normalized spacial score (nSPS) is 11.0. The number of alkyl halides is 2. The lowest BCUT2D eigenvalue weighted by Gasteiger charge is -2.23. The molecule has 0 saturated carbocycles. The summed E-state index contributed by atoms with van der Waals surface area (Å²) in [7, 11) is 3.62. The number of aromatic amines is 1. The number of nitrogens with zero attached hydrogens (tertiary/aromatic N) is 3. The van der Waals surface area contributed by atoms with Gasteiger partial charge in [0, 0.05) is 86.2 Å². The monoisotopic (exact) mass is 661 g/mol. The summed E-state index contributed by atoms with van der Waals surface area (Å²) in [5.41, 5.74) is 5.55. The molecular formula is C34H37Cl2N7O3. The van der Waals surface area contributed by atoms with E-state index >= 15 is 0 Å². The van der Waals surface area contributed by atoms with E-state index in [0.29, 0.717) is 53.1 Å². The lowest BCUT2D eigenvalue weighted by Crippen LogP contribution is -2.27. The van der Waals surface area contributed by atoms with Gasteiger partial charge in [0.2, 0.25) is 5.91 Å². The molecule has 0 spiro atoms. The average molecular weight is 663 g/mol. The molecule has 4 N–H and O–H groups in total. The fourth-order valence-corrected chi connectivity index (χ4v) is 5.69. The molecule has 5 aromatic rings. The van der Waals surface area contributed by atoms with E-state index in [4.69, 9.17) is 23.2 Å². The molecule has 2 aromatic carbocycles. The van der Waals surface area contributed by atoms with Crippen molar-refractivity contribution < 1.29 is 14.4 Å². The molecule has 3 amide bonds. The molecule has 0 radical (unpaired) electrons. The Hall–Kier alpha value is -4.67. The van der Waals surface area contributed by atoms with Crippen molar-refractivity contribution in [1.82, 2.24) is 14.1 Å². The van der Waals surface area contributed by atoms with Gasteiger partial charge in [0.15, 0.2) is 0 Å². The fourth-order valence-electron chi connectivity index (χ4n) is 5.28. The van der Waals surface area contributed by atoms with Gasteiger partial charge < -0.3 is 35.0 Å². The van der Waals surface area contributed by atoms with Crippen LogP contribution in [0, 0.1) is 0 Å². The Kier molecular flexibility index (Phi) is 10.7. The highest BCUT2D eigenvalue weighted by Crippen LogP contribution is 2.23. The summed E-state index contributed by atoms with van der Waals surface area (Å²) >= 11 is 11.8. The van der Waals surface area contributed by atoms with E-state index < -0.39 is 0 Å². The molecule has 5 rings (SSSR count). The van der Waals surface area contributed by atoms with Crippen molar-refractivity contribution in [2.75, 3.05) is 45.7 Å². The van der Waals surface area contributed by atoms with Crippen molar-refractivity contribution >= 4 is 74.6 Å². The minimum atomic E-state index is -0.346. The van der Waals surface area contributed by atoms with Crippen molar-refractivity contribution in [2.24, 2.45) is 14.1 Å². The van der Waals surface area contributed by atoms with Gasteiger partial charge in [-0.05, 0) is 60.9 Å². The Bertz CT molecular complexity index is 1820. The number of rotatable bonds is 14. The number of nitrogens with one attached hydrogen (secondary N) is 4. The molecule has 3 aromatic heterocycles. The Balaban J connectivity index is 1.13. The van der Waals surface area contributed by atoms with Crippen molar-refractivity contribution in [3.8, 4) is 0 Å². The fraction of sp³-hybridized carbons (Fsp3) is 0.265. The molecule has 0 fully saturated rings. The largest absolute Gasteiger partial charge is 0.369 e. The van der Waals surface area contributed by atoms with Crippen LogP contribution >= 0.6 is 23.2 Å². The van der Waals surface area contributed by atoms with E-state index in [0.717, 1.165) is 41.7 Å². The summed E-state index contributed by atoms with van der Waals surface area (Å²) in [4.78, 5) is 43.7. The van der Waals surface area contributed by atoms with Gasteiger partial charge in [-0.3, -0.25) is 14.4 Å². The molecule has 0 bridgehead atoms. The molecule has 0 atom stereocenters. The maximum absolute atomic E-state index is 13.0. The van der Waals surface area contributed by atoms with Crippen LogP contribution in [0.1, 0.15) is 39.4 Å². The van der Waals surface area contributed by atoms with Gasteiger partial charge in [0.05, 0.1) is 11.4 Å². The van der Waals surface area contributed by atoms with Gasteiger partial charge in [0.25, 0.3) is 11.8 Å². The summed E-state index contributed by atoms with van der Waals surface area (Å²) in [6.07, 6.45) is 7.21. The summed E-state index contributed by atoms with van der Waals surface area (Å²) in [5, 5.41) is 9.48. The summed E-state index contributed by atoms with van der Waals surface area (Å²) in [5.74, 6) is 0.369. The Morgan fingerprint density at radius 2 is 1.54 bits per heavy atom. The van der Waals surface area contributed by atoms with Crippen LogP contribution in [0.3, 0.4) is 0 Å². The predicted octanol–water partition coefficient (Wildman–Crippen LogP) is 6.59. The average Bonchev–Trinajstić information content (AvgIpc) is 3.75. The first-order valence-electron chi connectivity index (χ1n) is 15.0. The highest BCUT2D eigenvalue weighted by Gasteiger charge is 2.16.